The zero-order chi connectivity index (χ0) is 24.6. The number of thiophene rings is 1. The van der Waals surface area contributed by atoms with E-state index >= 15 is 0 Å². The van der Waals surface area contributed by atoms with E-state index in [0.717, 1.165) is 31.6 Å². The lowest BCUT2D eigenvalue weighted by molar-refractivity contribution is -0.123. The van der Waals surface area contributed by atoms with Crippen molar-refractivity contribution in [1.29, 1.82) is 0 Å². The Kier molecular flexibility index (Phi) is 7.25. The van der Waals surface area contributed by atoms with Crippen molar-refractivity contribution >= 4 is 81.5 Å². The van der Waals surface area contributed by atoms with Crippen LogP contribution >= 0.6 is 50.2 Å². The van der Waals surface area contributed by atoms with Gasteiger partial charge in [0.05, 0.1) is 21.1 Å². The lowest BCUT2D eigenvalue weighted by atomic mass is 9.96. The summed E-state index contributed by atoms with van der Waals surface area (Å²) in [6.45, 7) is 0.933. The summed E-state index contributed by atoms with van der Waals surface area (Å²) < 4.78 is 30.0. The number of carbonyl (C=O) groups is 1. The lowest BCUT2D eigenvalue weighted by Crippen LogP contribution is -2.44. The molecule has 1 aliphatic heterocycles. The van der Waals surface area contributed by atoms with Crippen LogP contribution in [0.1, 0.15) is 18.4 Å². The summed E-state index contributed by atoms with van der Waals surface area (Å²) in [5.74, 6) is -0.342. The van der Waals surface area contributed by atoms with Crippen molar-refractivity contribution in [2.24, 2.45) is 5.92 Å². The Morgan fingerprint density at radius 3 is 2.54 bits per heavy atom. The number of thiazole rings is 1. The number of piperidine rings is 1. The van der Waals surface area contributed by atoms with Gasteiger partial charge in [-0.25, -0.2) is 13.4 Å². The second-order valence-corrected chi connectivity index (χ2v) is 13.9. The average Bonchev–Trinajstić information content (AvgIpc) is 3.49. The number of rotatable bonds is 6. The molecule has 12 heteroatoms. The van der Waals surface area contributed by atoms with Gasteiger partial charge >= 0.3 is 0 Å². The Labute approximate surface area is 224 Å². The number of anilines is 1. The number of carbonyl (C=O) groups excluding carboxylic acids is 1. The summed E-state index contributed by atoms with van der Waals surface area (Å²) >= 11 is 11.9. The highest BCUT2D eigenvalue weighted by Crippen LogP contribution is 2.35. The molecule has 1 amide bonds. The number of halogens is 2. The summed E-state index contributed by atoms with van der Waals surface area (Å²) in [4.78, 5) is 24.3. The Morgan fingerprint density at radius 2 is 1.86 bits per heavy atom. The van der Waals surface area contributed by atoms with Crippen molar-refractivity contribution < 1.29 is 13.2 Å². The van der Waals surface area contributed by atoms with Crippen molar-refractivity contribution in [2.75, 3.05) is 18.0 Å². The number of pyridine rings is 1. The minimum atomic E-state index is -3.61. The first kappa shape index (κ1) is 24.8. The van der Waals surface area contributed by atoms with Crippen LogP contribution in [-0.2, 0) is 21.4 Å². The van der Waals surface area contributed by atoms with E-state index in [4.69, 9.17) is 16.6 Å². The molecule has 0 spiro atoms. The molecule has 182 valence electrons. The van der Waals surface area contributed by atoms with Gasteiger partial charge in [0.2, 0.25) is 5.91 Å². The monoisotopic (exact) mass is 610 g/mol. The first-order valence-corrected chi connectivity index (χ1v) is 15.1. The topological polar surface area (TPSA) is 83.5 Å². The van der Waals surface area contributed by atoms with Crippen molar-refractivity contribution in [3.63, 3.8) is 0 Å². The van der Waals surface area contributed by atoms with Crippen LogP contribution in [0.5, 0.6) is 0 Å². The van der Waals surface area contributed by atoms with E-state index in [1.165, 1.54) is 21.7 Å². The molecule has 1 aromatic carbocycles. The Hall–Kier alpha value is -1.89. The molecule has 1 fully saturated rings. The van der Waals surface area contributed by atoms with Crippen molar-refractivity contribution in [3.05, 3.63) is 69.2 Å². The van der Waals surface area contributed by atoms with Crippen LogP contribution < -0.4 is 4.90 Å². The fourth-order valence-electron chi connectivity index (χ4n) is 4.04. The van der Waals surface area contributed by atoms with E-state index < -0.39 is 10.0 Å². The highest BCUT2D eigenvalue weighted by Gasteiger charge is 2.35. The molecular weight excluding hydrogens is 592 g/mol. The Balaban J connectivity index is 1.37. The first-order chi connectivity index (χ1) is 16.8. The van der Waals surface area contributed by atoms with Gasteiger partial charge in [-0.15, -0.1) is 11.3 Å². The van der Waals surface area contributed by atoms with Crippen LogP contribution in [0.25, 0.3) is 10.2 Å². The van der Waals surface area contributed by atoms with E-state index in [1.807, 2.05) is 30.3 Å². The molecule has 0 unspecified atom stereocenters. The summed E-state index contributed by atoms with van der Waals surface area (Å²) in [7, 11) is -3.61. The van der Waals surface area contributed by atoms with Crippen molar-refractivity contribution in [3.8, 4) is 0 Å². The molecule has 0 saturated carbocycles. The van der Waals surface area contributed by atoms with E-state index in [1.54, 1.807) is 23.4 Å². The molecule has 0 aliphatic carbocycles. The lowest BCUT2D eigenvalue weighted by Gasteiger charge is -2.32. The molecule has 3 aromatic heterocycles. The zero-order valence-electron chi connectivity index (χ0n) is 18.3. The number of hydrogen-bond donors (Lipinski definition) is 0. The second-order valence-electron chi connectivity index (χ2n) is 8.13. The van der Waals surface area contributed by atoms with Crippen molar-refractivity contribution in [1.82, 2.24) is 14.3 Å². The molecule has 35 heavy (non-hydrogen) atoms. The van der Waals surface area contributed by atoms with Crippen molar-refractivity contribution in [2.45, 2.75) is 23.6 Å². The van der Waals surface area contributed by atoms with E-state index in [-0.39, 0.29) is 29.1 Å². The number of nitrogens with zero attached hydrogens (tertiary/aromatic N) is 4. The third kappa shape index (κ3) is 5.30. The van der Waals surface area contributed by atoms with Crippen LogP contribution in [0, 0.1) is 5.92 Å². The smallest absolute Gasteiger partial charge is 0.252 e. The van der Waals surface area contributed by atoms with Gasteiger partial charge in [0.15, 0.2) is 5.13 Å². The number of amides is 1. The zero-order valence-corrected chi connectivity index (χ0v) is 23.1. The maximum Gasteiger partial charge on any atom is 0.252 e. The van der Waals surface area contributed by atoms with Gasteiger partial charge in [0.1, 0.15) is 4.21 Å². The molecule has 0 atom stereocenters. The maximum absolute atomic E-state index is 13.8. The normalized spacial score (nSPS) is 15.5. The van der Waals surface area contributed by atoms with Crippen LogP contribution in [-0.4, -0.2) is 41.7 Å². The van der Waals surface area contributed by atoms with Gasteiger partial charge in [-0.2, -0.15) is 4.31 Å². The number of hydrogen-bond acceptors (Lipinski definition) is 7. The quantitative estimate of drug-likeness (QED) is 0.275. The van der Waals surface area contributed by atoms with E-state index in [0.29, 0.717) is 28.9 Å². The molecule has 0 bridgehead atoms. The highest BCUT2D eigenvalue weighted by atomic mass is 79.9. The summed E-state index contributed by atoms with van der Waals surface area (Å²) in [5.41, 5.74) is 1.78. The number of sulfonamides is 1. The summed E-state index contributed by atoms with van der Waals surface area (Å²) in [5, 5.41) is 0.628. The van der Waals surface area contributed by atoms with Crippen LogP contribution in [0.4, 0.5) is 5.13 Å². The fourth-order valence-corrected chi connectivity index (χ4v) is 8.67. The van der Waals surface area contributed by atoms with Crippen LogP contribution in [0.3, 0.4) is 0 Å². The minimum absolute atomic E-state index is 0.0452. The van der Waals surface area contributed by atoms with Crippen LogP contribution in [0.15, 0.2) is 63.5 Å². The molecule has 7 nitrogen and oxygen atoms in total. The largest absolute Gasteiger partial charge is 0.283 e. The van der Waals surface area contributed by atoms with Gasteiger partial charge in [0.25, 0.3) is 10.0 Å². The molecular formula is C23H20BrClN4O3S3. The number of benzene rings is 1. The van der Waals surface area contributed by atoms with Crippen LogP contribution in [0.2, 0.25) is 4.34 Å². The molecule has 4 aromatic rings. The van der Waals surface area contributed by atoms with Gasteiger partial charge < -0.3 is 0 Å². The maximum atomic E-state index is 13.8. The van der Waals surface area contributed by atoms with Gasteiger partial charge in [-0.1, -0.05) is 38.9 Å². The Bertz CT molecular complexity index is 1470. The van der Waals surface area contributed by atoms with E-state index in [2.05, 4.69) is 20.9 Å². The molecule has 5 rings (SSSR count). The standard InChI is InChI=1S/C23H20BrClN4O3S3/c24-17-1-2-18-19(13-17)33-23(27-18)29(14-15-5-9-26-10-6-15)22(30)16-7-11-28(12-8-16)35(31,32)21-4-3-20(25)34-21/h1-6,9-10,13,16H,7-8,11-12,14H2. The molecule has 1 saturated heterocycles. The minimum Gasteiger partial charge on any atom is -0.283 e. The van der Waals surface area contributed by atoms with E-state index in [9.17, 15) is 13.2 Å². The SMILES string of the molecule is O=C(C1CCN(S(=O)(=O)c2ccc(Cl)s2)CC1)N(Cc1ccncc1)c1nc2ccc(Br)cc2s1. The molecule has 1 aliphatic rings. The fraction of sp³-hybridized carbons (Fsp3) is 0.261. The molecule has 0 radical (unpaired) electrons. The Morgan fingerprint density at radius 1 is 1.11 bits per heavy atom. The van der Waals surface area contributed by atoms with Gasteiger partial charge in [0, 0.05) is 35.9 Å². The molecule has 4 heterocycles. The average molecular weight is 612 g/mol. The van der Waals surface area contributed by atoms with Gasteiger partial charge in [-0.05, 0) is 60.9 Å². The predicted octanol–water partition coefficient (Wildman–Crippen LogP) is 5.80. The first-order valence-electron chi connectivity index (χ1n) is 10.8. The molecule has 0 N–H and O–H groups in total. The third-order valence-electron chi connectivity index (χ3n) is 5.87. The second kappa shape index (κ2) is 10.2. The predicted molar refractivity (Wildman–Crippen MR) is 144 cm³/mol. The third-order valence-corrected chi connectivity index (χ3v) is 11.0. The number of aromatic nitrogens is 2. The number of fused-ring (bicyclic) bond motifs is 1. The highest BCUT2D eigenvalue weighted by molar-refractivity contribution is 9.10. The summed E-state index contributed by atoms with van der Waals surface area (Å²) in [6, 6.07) is 12.7. The summed E-state index contributed by atoms with van der Waals surface area (Å²) in [6.07, 6.45) is 4.29. The van der Waals surface area contributed by atoms with Gasteiger partial charge in [-0.3, -0.25) is 14.7 Å².